The molecule has 2 aliphatic rings. The minimum absolute atomic E-state index is 0.0353. The van der Waals surface area contributed by atoms with E-state index in [0.717, 1.165) is 25.7 Å². The fourth-order valence-corrected chi connectivity index (χ4v) is 4.68. The van der Waals surface area contributed by atoms with Crippen molar-refractivity contribution in [3.05, 3.63) is 100 Å². The number of nitriles is 1. The summed E-state index contributed by atoms with van der Waals surface area (Å²) in [6.07, 6.45) is 7.39. The van der Waals surface area contributed by atoms with E-state index in [0.29, 0.717) is 22.4 Å². The number of hydrogen-bond acceptors (Lipinski definition) is 5. The third-order valence-corrected chi connectivity index (χ3v) is 6.34. The summed E-state index contributed by atoms with van der Waals surface area (Å²) in [5.41, 5.74) is 4.53. The number of nitrogens with zero attached hydrogens (tertiary/aromatic N) is 3. The Morgan fingerprint density at radius 3 is 2.48 bits per heavy atom. The van der Waals surface area contributed by atoms with Crippen molar-refractivity contribution < 1.29 is 14.7 Å². The number of aliphatic hydroxyl groups is 1. The van der Waals surface area contributed by atoms with Gasteiger partial charge >= 0.3 is 0 Å². The molecule has 1 atom stereocenters. The molecule has 162 valence electrons. The van der Waals surface area contributed by atoms with E-state index in [-0.39, 0.29) is 11.3 Å². The van der Waals surface area contributed by atoms with Gasteiger partial charge in [0, 0.05) is 23.6 Å². The molecule has 1 saturated heterocycles. The monoisotopic (exact) mass is 435 g/mol. The van der Waals surface area contributed by atoms with Crippen LogP contribution in [0, 0.1) is 11.3 Å². The minimum Gasteiger partial charge on any atom is -0.507 e. The van der Waals surface area contributed by atoms with Gasteiger partial charge in [0.05, 0.1) is 23.2 Å². The fourth-order valence-electron chi connectivity index (χ4n) is 4.68. The van der Waals surface area contributed by atoms with Crippen molar-refractivity contribution in [2.45, 2.75) is 31.7 Å². The number of aromatic nitrogens is 1. The van der Waals surface area contributed by atoms with Gasteiger partial charge in [-0.25, -0.2) is 0 Å². The van der Waals surface area contributed by atoms with Crippen LogP contribution in [0.15, 0.2) is 72.6 Å². The minimum atomic E-state index is -0.831. The van der Waals surface area contributed by atoms with E-state index in [2.05, 4.69) is 11.1 Å². The lowest BCUT2D eigenvalue weighted by Crippen LogP contribution is -2.29. The van der Waals surface area contributed by atoms with E-state index < -0.39 is 17.7 Å². The number of amides is 1. The second-order valence-electron chi connectivity index (χ2n) is 8.30. The highest BCUT2D eigenvalue weighted by atomic mass is 16.3. The summed E-state index contributed by atoms with van der Waals surface area (Å²) < 4.78 is 0. The lowest BCUT2D eigenvalue weighted by Gasteiger charge is -2.25. The number of ketones is 1. The lowest BCUT2D eigenvalue weighted by molar-refractivity contribution is -0.132. The predicted octanol–water partition coefficient (Wildman–Crippen LogP) is 4.46. The molecular weight excluding hydrogens is 414 g/mol. The molecule has 6 heteroatoms. The molecule has 1 unspecified atom stereocenters. The molecule has 0 bridgehead atoms. The number of aryl methyl sites for hydroxylation is 2. The first kappa shape index (κ1) is 20.7. The molecule has 1 amide bonds. The van der Waals surface area contributed by atoms with Gasteiger partial charge in [-0.05, 0) is 78.8 Å². The van der Waals surface area contributed by atoms with Gasteiger partial charge < -0.3 is 5.11 Å². The Bertz CT molecular complexity index is 1320. The molecule has 1 N–H and O–H groups in total. The second-order valence-corrected chi connectivity index (χ2v) is 8.30. The van der Waals surface area contributed by atoms with Crippen molar-refractivity contribution in [1.82, 2.24) is 4.98 Å². The number of Topliss-reactive ketones (excluding diaryl/α,β-unsaturated/α-hetero) is 1. The average molecular weight is 435 g/mol. The third-order valence-electron chi connectivity index (χ3n) is 6.34. The summed E-state index contributed by atoms with van der Waals surface area (Å²) >= 11 is 0. The van der Waals surface area contributed by atoms with Gasteiger partial charge in [0.15, 0.2) is 0 Å². The largest absolute Gasteiger partial charge is 0.507 e. The first-order valence-corrected chi connectivity index (χ1v) is 10.9. The zero-order valence-corrected chi connectivity index (χ0v) is 17.9. The van der Waals surface area contributed by atoms with Crippen LogP contribution in [0.25, 0.3) is 5.76 Å². The van der Waals surface area contributed by atoms with E-state index in [1.165, 1.54) is 16.0 Å². The van der Waals surface area contributed by atoms with Crippen molar-refractivity contribution in [2.75, 3.05) is 4.90 Å². The van der Waals surface area contributed by atoms with Crippen LogP contribution in [-0.4, -0.2) is 21.8 Å². The first-order chi connectivity index (χ1) is 16.1. The van der Waals surface area contributed by atoms with Crippen LogP contribution in [0.4, 0.5) is 5.69 Å². The quantitative estimate of drug-likeness (QED) is 0.372. The molecule has 1 aromatic heterocycles. The zero-order chi connectivity index (χ0) is 22.9. The Morgan fingerprint density at radius 2 is 1.79 bits per heavy atom. The highest BCUT2D eigenvalue weighted by Crippen LogP contribution is 2.42. The molecule has 2 heterocycles. The van der Waals surface area contributed by atoms with Gasteiger partial charge in [0.2, 0.25) is 0 Å². The van der Waals surface area contributed by atoms with Gasteiger partial charge in [-0.3, -0.25) is 19.5 Å². The number of benzene rings is 2. The van der Waals surface area contributed by atoms with E-state index in [9.17, 15) is 14.7 Å². The van der Waals surface area contributed by atoms with Crippen LogP contribution in [0.5, 0.6) is 0 Å². The van der Waals surface area contributed by atoms with Gasteiger partial charge in [-0.1, -0.05) is 18.2 Å². The molecule has 1 fully saturated rings. The number of carbonyl (C=O) groups excluding carboxylic acids is 2. The van der Waals surface area contributed by atoms with E-state index in [4.69, 9.17) is 5.26 Å². The highest BCUT2D eigenvalue weighted by Gasteiger charge is 2.47. The van der Waals surface area contributed by atoms with Crippen LogP contribution in [-0.2, 0) is 22.4 Å². The van der Waals surface area contributed by atoms with Crippen molar-refractivity contribution in [1.29, 1.82) is 5.26 Å². The number of pyridine rings is 1. The molecule has 2 aromatic carbocycles. The van der Waals surface area contributed by atoms with Crippen LogP contribution >= 0.6 is 0 Å². The first-order valence-electron chi connectivity index (χ1n) is 10.9. The van der Waals surface area contributed by atoms with E-state index >= 15 is 0 Å². The standard InChI is InChI=1S/C27H21N3O3/c28-15-17-7-11-22(12-8-17)30-24(21-6-3-13-29-16-21)23(26(32)27(30)33)25(31)20-10-9-18-4-1-2-5-19(18)14-20/h3,6-14,16,24,31H,1-2,4-5H2/b25-23-. The molecule has 6 nitrogen and oxygen atoms in total. The van der Waals surface area contributed by atoms with Crippen molar-refractivity contribution in [2.24, 2.45) is 0 Å². The Balaban J connectivity index is 1.67. The lowest BCUT2D eigenvalue weighted by atomic mass is 9.89. The fraction of sp³-hybridized carbons (Fsp3) is 0.185. The molecule has 5 rings (SSSR count). The predicted molar refractivity (Wildman–Crippen MR) is 123 cm³/mol. The number of rotatable bonds is 3. The Labute approximate surface area is 191 Å². The Morgan fingerprint density at radius 1 is 1.03 bits per heavy atom. The maximum absolute atomic E-state index is 13.2. The van der Waals surface area contributed by atoms with E-state index in [1.54, 1.807) is 48.8 Å². The maximum atomic E-state index is 13.2. The summed E-state index contributed by atoms with van der Waals surface area (Å²) in [5.74, 6) is -1.66. The van der Waals surface area contributed by atoms with Crippen molar-refractivity contribution >= 4 is 23.1 Å². The van der Waals surface area contributed by atoms with Gasteiger partial charge in [-0.15, -0.1) is 0 Å². The molecule has 1 aliphatic heterocycles. The second kappa shape index (κ2) is 8.36. The molecule has 3 aromatic rings. The topological polar surface area (TPSA) is 94.3 Å². The molecule has 0 saturated carbocycles. The SMILES string of the molecule is N#Cc1ccc(N2C(=O)C(=O)/C(=C(\O)c3ccc4c(c3)CCCC4)C2c2cccnc2)cc1. The summed E-state index contributed by atoms with van der Waals surface area (Å²) in [7, 11) is 0. The smallest absolute Gasteiger partial charge is 0.300 e. The Kier molecular flexibility index (Phi) is 5.23. The van der Waals surface area contributed by atoms with Gasteiger partial charge in [0.25, 0.3) is 11.7 Å². The van der Waals surface area contributed by atoms with Gasteiger partial charge in [0.1, 0.15) is 5.76 Å². The molecular formula is C27H21N3O3. The Hall–Kier alpha value is -4.24. The highest BCUT2D eigenvalue weighted by molar-refractivity contribution is 6.51. The maximum Gasteiger partial charge on any atom is 0.300 e. The molecule has 0 spiro atoms. The average Bonchev–Trinajstić information content (AvgIpc) is 3.14. The third kappa shape index (κ3) is 3.58. The van der Waals surface area contributed by atoms with Crippen LogP contribution in [0.1, 0.15) is 46.7 Å². The van der Waals surface area contributed by atoms with Crippen molar-refractivity contribution in [3.8, 4) is 6.07 Å². The molecule has 0 radical (unpaired) electrons. The van der Waals surface area contributed by atoms with Crippen molar-refractivity contribution in [3.63, 3.8) is 0 Å². The summed E-state index contributed by atoms with van der Waals surface area (Å²) in [6.45, 7) is 0. The van der Waals surface area contributed by atoms with Crippen LogP contribution in [0.3, 0.4) is 0 Å². The number of carbonyl (C=O) groups is 2. The number of aliphatic hydroxyl groups excluding tert-OH is 1. The van der Waals surface area contributed by atoms with Crippen LogP contribution in [0.2, 0.25) is 0 Å². The number of fused-ring (bicyclic) bond motifs is 1. The summed E-state index contributed by atoms with van der Waals surface area (Å²) in [5, 5.41) is 20.4. The zero-order valence-electron chi connectivity index (χ0n) is 17.9. The van der Waals surface area contributed by atoms with E-state index in [1.807, 2.05) is 18.2 Å². The normalized spacial score (nSPS) is 19.2. The molecule has 1 aliphatic carbocycles. The summed E-state index contributed by atoms with van der Waals surface area (Å²) in [4.78, 5) is 31.9. The number of hydrogen-bond donors (Lipinski definition) is 1. The van der Waals surface area contributed by atoms with Gasteiger partial charge in [-0.2, -0.15) is 5.26 Å². The molecule has 33 heavy (non-hydrogen) atoms. The van der Waals surface area contributed by atoms with Crippen LogP contribution < -0.4 is 4.90 Å². The summed E-state index contributed by atoms with van der Waals surface area (Å²) in [6, 6.07) is 16.9. The number of anilines is 1.